The van der Waals surface area contributed by atoms with E-state index in [9.17, 15) is 9.59 Å². The first-order valence-corrected chi connectivity index (χ1v) is 4.11. The molecule has 0 spiro atoms. The predicted molar refractivity (Wildman–Crippen MR) is 42.3 cm³/mol. The molecule has 1 rings (SSSR count). The molecule has 12 heavy (non-hydrogen) atoms. The Morgan fingerprint density at radius 1 is 1.75 bits per heavy atom. The molecule has 68 valence electrons. The van der Waals surface area contributed by atoms with Crippen molar-refractivity contribution in [3.8, 4) is 0 Å². The molecule has 2 atom stereocenters. The van der Waals surface area contributed by atoms with Gasteiger partial charge in [-0.15, -0.1) is 0 Å². The molecule has 0 aromatic carbocycles. The minimum absolute atomic E-state index is 0.0524. The minimum Gasteiger partial charge on any atom is -0.464 e. The Hall–Kier alpha value is -1.06. The molecule has 0 aliphatic carbocycles. The Morgan fingerprint density at radius 2 is 2.42 bits per heavy atom. The van der Waals surface area contributed by atoms with Gasteiger partial charge in [-0.1, -0.05) is 6.92 Å². The maximum absolute atomic E-state index is 11.2. The van der Waals surface area contributed by atoms with Crippen LogP contribution < -0.4 is 5.32 Å². The van der Waals surface area contributed by atoms with E-state index in [-0.39, 0.29) is 17.8 Å². The zero-order valence-corrected chi connectivity index (χ0v) is 7.29. The highest BCUT2D eigenvalue weighted by Gasteiger charge is 2.35. The first-order chi connectivity index (χ1) is 5.65. The van der Waals surface area contributed by atoms with Crippen LogP contribution in [0.5, 0.6) is 0 Å². The van der Waals surface area contributed by atoms with Gasteiger partial charge in [0, 0.05) is 6.42 Å². The van der Waals surface area contributed by atoms with Crippen molar-refractivity contribution >= 4 is 11.9 Å². The number of carbonyl (C=O) groups excluding carboxylic acids is 2. The van der Waals surface area contributed by atoms with Crippen LogP contribution in [0.25, 0.3) is 0 Å². The molecular weight excluding hydrogens is 158 g/mol. The summed E-state index contributed by atoms with van der Waals surface area (Å²) in [5.74, 6) is -0.340. The third kappa shape index (κ3) is 1.75. The van der Waals surface area contributed by atoms with Crippen molar-refractivity contribution in [1.29, 1.82) is 0 Å². The molecule has 1 aliphatic rings. The molecule has 1 fully saturated rings. The first-order valence-electron chi connectivity index (χ1n) is 4.11. The van der Waals surface area contributed by atoms with Gasteiger partial charge in [0.1, 0.15) is 6.04 Å². The van der Waals surface area contributed by atoms with E-state index in [1.165, 1.54) is 0 Å². The van der Waals surface area contributed by atoms with E-state index in [2.05, 4.69) is 5.32 Å². The molecule has 0 aromatic heterocycles. The zero-order valence-electron chi connectivity index (χ0n) is 7.29. The molecule has 1 aliphatic heterocycles. The predicted octanol–water partition coefficient (Wildman–Crippen LogP) is 0.0741. The van der Waals surface area contributed by atoms with Gasteiger partial charge in [0.25, 0.3) is 0 Å². The summed E-state index contributed by atoms with van der Waals surface area (Å²) < 4.78 is 4.79. The number of hydrogen-bond donors (Lipinski definition) is 1. The van der Waals surface area contributed by atoms with Crippen LogP contribution in [0.2, 0.25) is 0 Å². The lowest BCUT2D eigenvalue weighted by atomic mass is 10.0. The Morgan fingerprint density at radius 3 is 2.83 bits per heavy atom. The van der Waals surface area contributed by atoms with Crippen LogP contribution in [0.3, 0.4) is 0 Å². The normalized spacial score (nSPS) is 28.3. The lowest BCUT2D eigenvalue weighted by molar-refractivity contribution is -0.146. The molecule has 4 nitrogen and oxygen atoms in total. The quantitative estimate of drug-likeness (QED) is 0.598. The molecule has 0 unspecified atom stereocenters. The Bertz CT molecular complexity index is 202. The van der Waals surface area contributed by atoms with Gasteiger partial charge in [-0.25, -0.2) is 4.79 Å². The summed E-state index contributed by atoms with van der Waals surface area (Å²) in [4.78, 5) is 22.0. The molecule has 0 aromatic rings. The molecule has 1 heterocycles. The van der Waals surface area contributed by atoms with Crippen molar-refractivity contribution in [3.63, 3.8) is 0 Å². The van der Waals surface area contributed by atoms with E-state index in [0.717, 1.165) is 0 Å². The SMILES string of the molecule is CCOC(=O)[C@@H]1NC(=O)C[C@H]1C. The summed E-state index contributed by atoms with van der Waals surface area (Å²) in [5.41, 5.74) is 0. The number of hydrogen-bond acceptors (Lipinski definition) is 3. The molecule has 0 saturated carbocycles. The Labute approximate surface area is 71.3 Å². The van der Waals surface area contributed by atoms with Gasteiger partial charge in [0.2, 0.25) is 5.91 Å². The number of amides is 1. The lowest BCUT2D eigenvalue weighted by Crippen LogP contribution is -2.37. The second kappa shape index (κ2) is 3.56. The largest absolute Gasteiger partial charge is 0.464 e. The fourth-order valence-electron chi connectivity index (χ4n) is 1.31. The minimum atomic E-state index is -0.433. The first kappa shape index (κ1) is 9.03. The van der Waals surface area contributed by atoms with Crippen LogP contribution in [0.4, 0.5) is 0 Å². The summed E-state index contributed by atoms with van der Waals surface area (Å²) >= 11 is 0. The third-order valence-corrected chi connectivity index (χ3v) is 1.93. The van der Waals surface area contributed by atoms with Gasteiger partial charge >= 0.3 is 5.97 Å². The molecule has 4 heteroatoms. The summed E-state index contributed by atoms with van der Waals surface area (Å²) in [6.07, 6.45) is 0.420. The van der Waals surface area contributed by atoms with Crippen LogP contribution in [-0.2, 0) is 14.3 Å². The molecule has 0 bridgehead atoms. The van der Waals surface area contributed by atoms with E-state index in [0.29, 0.717) is 13.0 Å². The number of carbonyl (C=O) groups is 2. The highest BCUT2D eigenvalue weighted by Crippen LogP contribution is 2.16. The van der Waals surface area contributed by atoms with E-state index in [1.807, 2.05) is 6.92 Å². The topological polar surface area (TPSA) is 55.4 Å². The molecule has 0 radical (unpaired) electrons. The fourth-order valence-corrected chi connectivity index (χ4v) is 1.31. The Balaban J connectivity index is 2.52. The smallest absolute Gasteiger partial charge is 0.328 e. The van der Waals surface area contributed by atoms with Crippen LogP contribution in [0.1, 0.15) is 20.3 Å². The van der Waals surface area contributed by atoms with Gasteiger partial charge in [0.15, 0.2) is 0 Å². The van der Waals surface area contributed by atoms with Gasteiger partial charge < -0.3 is 10.1 Å². The second-order valence-corrected chi connectivity index (χ2v) is 2.98. The van der Waals surface area contributed by atoms with Gasteiger partial charge in [-0.2, -0.15) is 0 Å². The molecular formula is C8H13NO3. The van der Waals surface area contributed by atoms with Crippen molar-refractivity contribution in [2.45, 2.75) is 26.3 Å². The van der Waals surface area contributed by atoms with E-state index in [4.69, 9.17) is 4.74 Å². The van der Waals surface area contributed by atoms with Gasteiger partial charge in [-0.3, -0.25) is 4.79 Å². The van der Waals surface area contributed by atoms with Crippen molar-refractivity contribution < 1.29 is 14.3 Å². The number of rotatable bonds is 2. The van der Waals surface area contributed by atoms with Gasteiger partial charge in [0.05, 0.1) is 6.61 Å². The maximum atomic E-state index is 11.2. The zero-order chi connectivity index (χ0) is 9.14. The average molecular weight is 171 g/mol. The Kier molecular flexibility index (Phi) is 2.68. The highest BCUT2D eigenvalue weighted by molar-refractivity contribution is 5.88. The van der Waals surface area contributed by atoms with Crippen molar-refractivity contribution in [2.24, 2.45) is 5.92 Å². The number of ether oxygens (including phenoxy) is 1. The fraction of sp³-hybridized carbons (Fsp3) is 0.750. The van der Waals surface area contributed by atoms with E-state index >= 15 is 0 Å². The van der Waals surface area contributed by atoms with Crippen molar-refractivity contribution in [1.82, 2.24) is 5.32 Å². The van der Waals surface area contributed by atoms with Crippen LogP contribution >= 0.6 is 0 Å². The summed E-state index contributed by atoms with van der Waals surface area (Å²) in [5, 5.41) is 2.57. The van der Waals surface area contributed by atoms with Gasteiger partial charge in [-0.05, 0) is 12.8 Å². The molecule has 1 amide bonds. The van der Waals surface area contributed by atoms with Crippen LogP contribution in [0.15, 0.2) is 0 Å². The monoisotopic (exact) mass is 171 g/mol. The third-order valence-electron chi connectivity index (χ3n) is 1.93. The molecule has 1 N–H and O–H groups in total. The van der Waals surface area contributed by atoms with E-state index < -0.39 is 6.04 Å². The van der Waals surface area contributed by atoms with E-state index in [1.54, 1.807) is 6.92 Å². The average Bonchev–Trinajstić information content (AvgIpc) is 2.30. The maximum Gasteiger partial charge on any atom is 0.328 e. The second-order valence-electron chi connectivity index (χ2n) is 2.98. The van der Waals surface area contributed by atoms with Crippen LogP contribution in [0, 0.1) is 5.92 Å². The van der Waals surface area contributed by atoms with Crippen molar-refractivity contribution in [2.75, 3.05) is 6.61 Å². The van der Waals surface area contributed by atoms with Crippen LogP contribution in [-0.4, -0.2) is 24.5 Å². The standard InChI is InChI=1S/C8H13NO3/c1-3-12-8(11)7-5(2)4-6(10)9-7/h5,7H,3-4H2,1-2H3,(H,9,10)/t5-,7-/m1/s1. The number of nitrogens with one attached hydrogen (secondary N) is 1. The summed E-state index contributed by atoms with van der Waals surface area (Å²) in [7, 11) is 0. The number of esters is 1. The molecule has 1 saturated heterocycles. The lowest BCUT2D eigenvalue weighted by Gasteiger charge is -2.12. The van der Waals surface area contributed by atoms with Crippen molar-refractivity contribution in [3.05, 3.63) is 0 Å². The summed E-state index contributed by atoms with van der Waals surface area (Å²) in [6, 6.07) is -0.433. The highest BCUT2D eigenvalue weighted by atomic mass is 16.5. The summed E-state index contributed by atoms with van der Waals surface area (Å²) in [6.45, 7) is 3.97.